The smallest absolute Gasteiger partial charge is 0.222 e. The Morgan fingerprint density at radius 3 is 2.60 bits per heavy atom. The molecule has 0 atom stereocenters. The number of nitrogens with one attached hydrogen (secondary N) is 2. The molecule has 1 fully saturated rings. The van der Waals surface area contributed by atoms with Crippen molar-refractivity contribution < 1.29 is 4.79 Å². The number of nitrogens with zero attached hydrogens (tertiary/aromatic N) is 3. The first kappa shape index (κ1) is 24.9. The maximum Gasteiger partial charge on any atom is 0.222 e. The minimum atomic E-state index is 0. The lowest BCUT2D eigenvalue weighted by Gasteiger charge is -2.29. The number of carbonyl (C=O) groups is 1. The van der Waals surface area contributed by atoms with E-state index < -0.39 is 0 Å². The highest BCUT2D eigenvalue weighted by molar-refractivity contribution is 14.0. The van der Waals surface area contributed by atoms with Gasteiger partial charge in [-0.15, -0.1) is 24.0 Å². The lowest BCUT2D eigenvalue weighted by Crippen LogP contribution is -2.42. The van der Waals surface area contributed by atoms with Crippen LogP contribution in [0.1, 0.15) is 50.2 Å². The highest BCUT2D eigenvalue weighted by Gasteiger charge is 2.19. The number of benzene rings is 1. The van der Waals surface area contributed by atoms with Crippen molar-refractivity contribution >= 4 is 35.8 Å². The molecule has 0 radical (unpaired) electrons. The molecule has 0 saturated carbocycles. The van der Waals surface area contributed by atoms with Crippen molar-refractivity contribution in [2.75, 3.05) is 45.8 Å². The molecule has 3 rings (SSSR count). The van der Waals surface area contributed by atoms with Crippen LogP contribution < -0.4 is 10.6 Å². The second-order valence-corrected chi connectivity index (χ2v) is 8.03. The van der Waals surface area contributed by atoms with Gasteiger partial charge in [0.25, 0.3) is 0 Å². The molecule has 2 N–H and O–H groups in total. The van der Waals surface area contributed by atoms with E-state index in [1.54, 1.807) is 0 Å². The maximum absolute atomic E-state index is 12.6. The molecule has 0 aliphatic carbocycles. The van der Waals surface area contributed by atoms with Crippen LogP contribution in [0, 0.1) is 0 Å². The summed E-state index contributed by atoms with van der Waals surface area (Å²) >= 11 is 0. The van der Waals surface area contributed by atoms with E-state index >= 15 is 0 Å². The SMILES string of the molecule is CCNC(=NCCCC(=O)N1CCc2ccccc2C1)NCCN1CCCCC1.I. The van der Waals surface area contributed by atoms with E-state index in [-0.39, 0.29) is 29.9 Å². The third-order valence-electron chi connectivity index (χ3n) is 5.82. The van der Waals surface area contributed by atoms with E-state index in [4.69, 9.17) is 0 Å². The fourth-order valence-corrected chi connectivity index (χ4v) is 4.15. The van der Waals surface area contributed by atoms with Gasteiger partial charge in [0.1, 0.15) is 0 Å². The van der Waals surface area contributed by atoms with Crippen LogP contribution in [0.25, 0.3) is 0 Å². The van der Waals surface area contributed by atoms with Crippen molar-refractivity contribution in [3.8, 4) is 0 Å². The molecule has 1 amide bonds. The number of likely N-dealkylation sites (tertiary alicyclic amines) is 1. The average Bonchev–Trinajstić information content (AvgIpc) is 2.77. The summed E-state index contributed by atoms with van der Waals surface area (Å²) in [6.07, 6.45) is 6.34. The van der Waals surface area contributed by atoms with Crippen LogP contribution in [-0.2, 0) is 17.8 Å². The van der Waals surface area contributed by atoms with Gasteiger partial charge in [0.2, 0.25) is 5.91 Å². The van der Waals surface area contributed by atoms with Gasteiger partial charge >= 0.3 is 0 Å². The van der Waals surface area contributed by atoms with Crippen LogP contribution in [0.3, 0.4) is 0 Å². The largest absolute Gasteiger partial charge is 0.357 e. The lowest BCUT2D eigenvalue weighted by atomic mass is 9.99. The summed E-state index contributed by atoms with van der Waals surface area (Å²) in [5.41, 5.74) is 2.67. The van der Waals surface area contributed by atoms with Crippen LogP contribution >= 0.6 is 24.0 Å². The van der Waals surface area contributed by atoms with Crippen molar-refractivity contribution in [1.29, 1.82) is 0 Å². The molecule has 0 spiro atoms. The Morgan fingerprint density at radius 2 is 1.83 bits per heavy atom. The summed E-state index contributed by atoms with van der Waals surface area (Å²) < 4.78 is 0. The van der Waals surface area contributed by atoms with E-state index in [0.29, 0.717) is 13.0 Å². The number of amides is 1. The summed E-state index contributed by atoms with van der Waals surface area (Å²) in [4.78, 5) is 21.7. The maximum atomic E-state index is 12.6. The predicted molar refractivity (Wildman–Crippen MR) is 134 cm³/mol. The van der Waals surface area contributed by atoms with Crippen LogP contribution in [0.5, 0.6) is 0 Å². The molecule has 2 heterocycles. The summed E-state index contributed by atoms with van der Waals surface area (Å²) in [5, 5.41) is 6.74. The van der Waals surface area contributed by atoms with Gasteiger partial charge < -0.3 is 20.4 Å². The van der Waals surface area contributed by atoms with Crippen molar-refractivity contribution in [3.63, 3.8) is 0 Å². The Hall–Kier alpha value is -1.35. The van der Waals surface area contributed by atoms with Crippen LogP contribution in [-0.4, -0.2) is 67.5 Å². The molecular formula is C23H38IN5O. The van der Waals surface area contributed by atoms with E-state index in [1.165, 1.54) is 43.5 Å². The number of rotatable bonds is 8. The molecular weight excluding hydrogens is 489 g/mol. The molecule has 0 bridgehead atoms. The van der Waals surface area contributed by atoms with E-state index in [9.17, 15) is 4.79 Å². The Morgan fingerprint density at radius 1 is 1.07 bits per heavy atom. The van der Waals surface area contributed by atoms with Gasteiger partial charge in [0.05, 0.1) is 0 Å². The van der Waals surface area contributed by atoms with Crippen molar-refractivity contribution in [2.45, 2.75) is 52.0 Å². The van der Waals surface area contributed by atoms with Gasteiger partial charge in [-0.1, -0.05) is 30.7 Å². The Balaban J connectivity index is 0.00000320. The van der Waals surface area contributed by atoms with Crippen LogP contribution in [0.15, 0.2) is 29.3 Å². The van der Waals surface area contributed by atoms with Crippen molar-refractivity contribution in [2.24, 2.45) is 4.99 Å². The number of halogens is 1. The number of carbonyl (C=O) groups excluding carboxylic acids is 1. The summed E-state index contributed by atoms with van der Waals surface area (Å²) in [6.45, 7) is 9.61. The molecule has 0 aromatic heterocycles. The molecule has 2 aliphatic heterocycles. The fraction of sp³-hybridized carbons (Fsp3) is 0.652. The molecule has 1 aromatic rings. The zero-order chi connectivity index (χ0) is 20.3. The van der Waals surface area contributed by atoms with E-state index in [2.05, 4.69) is 51.7 Å². The minimum Gasteiger partial charge on any atom is -0.357 e. The number of hydrogen-bond acceptors (Lipinski definition) is 3. The minimum absolute atomic E-state index is 0. The highest BCUT2D eigenvalue weighted by Crippen LogP contribution is 2.19. The first-order valence-corrected chi connectivity index (χ1v) is 11.4. The third kappa shape index (κ3) is 8.06. The first-order chi connectivity index (χ1) is 14.3. The highest BCUT2D eigenvalue weighted by atomic mass is 127. The number of guanidine groups is 1. The monoisotopic (exact) mass is 527 g/mol. The number of hydrogen-bond donors (Lipinski definition) is 2. The van der Waals surface area contributed by atoms with Gasteiger partial charge in [-0.3, -0.25) is 9.79 Å². The first-order valence-electron chi connectivity index (χ1n) is 11.4. The zero-order valence-corrected chi connectivity index (χ0v) is 20.7. The van der Waals surface area contributed by atoms with Crippen LogP contribution in [0.2, 0.25) is 0 Å². The summed E-state index contributed by atoms with van der Waals surface area (Å²) in [6, 6.07) is 8.45. The van der Waals surface area contributed by atoms with Crippen molar-refractivity contribution in [1.82, 2.24) is 20.4 Å². The lowest BCUT2D eigenvalue weighted by molar-refractivity contribution is -0.132. The van der Waals surface area contributed by atoms with E-state index in [1.807, 2.05) is 4.90 Å². The zero-order valence-electron chi connectivity index (χ0n) is 18.4. The molecule has 2 aliphatic rings. The Kier molecular flexibility index (Phi) is 11.5. The second-order valence-electron chi connectivity index (χ2n) is 8.03. The molecule has 1 aromatic carbocycles. The van der Waals surface area contributed by atoms with Gasteiger partial charge in [0.15, 0.2) is 5.96 Å². The molecule has 30 heavy (non-hydrogen) atoms. The standard InChI is InChI=1S/C23H37N5O.HI/c1-2-24-23(26-14-18-27-15-6-3-7-16-27)25-13-8-11-22(29)28-17-12-20-9-4-5-10-21(20)19-28;/h4-5,9-10H,2-3,6-8,11-19H2,1H3,(H2,24,25,26);1H. The van der Waals surface area contributed by atoms with Gasteiger partial charge in [0, 0.05) is 45.7 Å². The number of fused-ring (bicyclic) bond motifs is 1. The number of piperidine rings is 1. The van der Waals surface area contributed by atoms with Crippen LogP contribution in [0.4, 0.5) is 0 Å². The van der Waals surface area contributed by atoms with Crippen molar-refractivity contribution in [3.05, 3.63) is 35.4 Å². The molecule has 0 unspecified atom stereocenters. The van der Waals surface area contributed by atoms with Gasteiger partial charge in [-0.2, -0.15) is 0 Å². The number of aliphatic imine (C=N–C) groups is 1. The summed E-state index contributed by atoms with van der Waals surface area (Å²) in [5.74, 6) is 1.11. The van der Waals surface area contributed by atoms with Gasteiger partial charge in [-0.25, -0.2) is 0 Å². The molecule has 168 valence electrons. The Labute approximate surface area is 198 Å². The quantitative estimate of drug-likeness (QED) is 0.236. The topological polar surface area (TPSA) is 60.0 Å². The molecule has 6 nitrogen and oxygen atoms in total. The molecule has 1 saturated heterocycles. The predicted octanol–water partition coefficient (Wildman–Crippen LogP) is 3.01. The third-order valence-corrected chi connectivity index (χ3v) is 5.82. The second kappa shape index (κ2) is 13.9. The average molecular weight is 527 g/mol. The summed E-state index contributed by atoms with van der Waals surface area (Å²) in [7, 11) is 0. The normalized spacial score (nSPS) is 17.1. The Bertz CT molecular complexity index is 675. The fourth-order valence-electron chi connectivity index (χ4n) is 4.15. The molecule has 7 heteroatoms. The van der Waals surface area contributed by atoms with E-state index in [0.717, 1.165) is 51.5 Å². The van der Waals surface area contributed by atoms with Gasteiger partial charge in [-0.05, 0) is 56.8 Å².